The number of hydrogen-bond donors (Lipinski definition) is 0. The normalized spacial score (nSPS) is 16.5. The first-order valence-corrected chi connectivity index (χ1v) is 12.7. The fraction of sp³-hybridized carbons (Fsp3) is 0.310. The van der Waals surface area contributed by atoms with Gasteiger partial charge in [-0.1, -0.05) is 25.1 Å². The SMILES string of the molecule is CCC1CN(C(=O)c2cccc(-c3ncnc4ccc(-c5cnc(OC)c(C(F)(F)F)c5)cc34)c2)CCN1C. The van der Waals surface area contributed by atoms with Crippen LogP contribution in [0.15, 0.2) is 61.1 Å². The number of methoxy groups -OCH3 is 1. The lowest BCUT2D eigenvalue weighted by Crippen LogP contribution is -2.52. The van der Waals surface area contributed by atoms with Gasteiger partial charge in [-0.05, 0) is 49.4 Å². The molecule has 0 N–H and O–H groups in total. The van der Waals surface area contributed by atoms with E-state index in [1.807, 2.05) is 23.1 Å². The highest BCUT2D eigenvalue weighted by atomic mass is 19.4. The lowest BCUT2D eigenvalue weighted by Gasteiger charge is -2.39. The molecule has 10 heteroatoms. The third-order valence-corrected chi connectivity index (χ3v) is 7.24. The highest BCUT2D eigenvalue weighted by Crippen LogP contribution is 2.38. The first kappa shape index (κ1) is 26.6. The minimum Gasteiger partial charge on any atom is -0.481 e. The average molecular weight is 536 g/mol. The number of carbonyl (C=O) groups excluding carboxylic acids is 1. The molecule has 1 atom stereocenters. The third-order valence-electron chi connectivity index (χ3n) is 7.24. The van der Waals surface area contributed by atoms with Crippen molar-refractivity contribution in [3.05, 3.63) is 72.2 Å². The van der Waals surface area contributed by atoms with Crippen LogP contribution in [0, 0.1) is 0 Å². The molecule has 1 amide bonds. The number of amides is 1. The van der Waals surface area contributed by atoms with E-state index in [4.69, 9.17) is 4.74 Å². The molecule has 39 heavy (non-hydrogen) atoms. The molecule has 5 rings (SSSR count). The molecule has 0 spiro atoms. The Hall–Kier alpha value is -4.05. The van der Waals surface area contributed by atoms with Crippen LogP contribution in [0.4, 0.5) is 13.2 Å². The van der Waals surface area contributed by atoms with Crippen LogP contribution in [0.3, 0.4) is 0 Å². The van der Waals surface area contributed by atoms with Gasteiger partial charge in [0.15, 0.2) is 0 Å². The predicted octanol–water partition coefficient (Wildman–Crippen LogP) is 5.55. The third kappa shape index (κ3) is 5.29. The van der Waals surface area contributed by atoms with Crippen molar-refractivity contribution in [2.75, 3.05) is 33.8 Å². The summed E-state index contributed by atoms with van der Waals surface area (Å²) in [5, 5.41) is 0.648. The summed E-state index contributed by atoms with van der Waals surface area (Å²) in [6.45, 7) is 4.27. The summed E-state index contributed by atoms with van der Waals surface area (Å²) in [6.07, 6.45) is -0.871. The zero-order valence-electron chi connectivity index (χ0n) is 21.9. The first-order chi connectivity index (χ1) is 18.7. The molecular weight excluding hydrogens is 507 g/mol. The molecule has 1 aliphatic rings. The smallest absolute Gasteiger partial charge is 0.421 e. The van der Waals surface area contributed by atoms with Gasteiger partial charge in [0, 0.05) is 53.9 Å². The van der Waals surface area contributed by atoms with Crippen LogP contribution in [0.1, 0.15) is 29.3 Å². The van der Waals surface area contributed by atoms with Crippen LogP contribution < -0.4 is 4.74 Å². The van der Waals surface area contributed by atoms with Gasteiger partial charge in [-0.2, -0.15) is 13.2 Å². The number of fused-ring (bicyclic) bond motifs is 1. The number of piperazine rings is 1. The van der Waals surface area contributed by atoms with E-state index in [2.05, 4.69) is 33.8 Å². The molecule has 2 aromatic heterocycles. The summed E-state index contributed by atoms with van der Waals surface area (Å²) >= 11 is 0. The number of pyridine rings is 1. The van der Waals surface area contributed by atoms with Crippen molar-refractivity contribution in [2.24, 2.45) is 0 Å². The van der Waals surface area contributed by atoms with Gasteiger partial charge in [0.1, 0.15) is 11.9 Å². The van der Waals surface area contributed by atoms with Crippen LogP contribution in [0.2, 0.25) is 0 Å². The Morgan fingerprint density at radius 1 is 1.03 bits per heavy atom. The molecule has 202 valence electrons. The van der Waals surface area contributed by atoms with E-state index in [-0.39, 0.29) is 11.5 Å². The summed E-state index contributed by atoms with van der Waals surface area (Å²) in [7, 11) is 3.23. The van der Waals surface area contributed by atoms with Crippen LogP contribution in [0.25, 0.3) is 33.3 Å². The van der Waals surface area contributed by atoms with Gasteiger partial charge < -0.3 is 9.64 Å². The molecule has 4 aromatic rings. The molecule has 7 nitrogen and oxygen atoms in total. The Bertz CT molecular complexity index is 1520. The molecular formula is C29H28F3N5O2. The van der Waals surface area contributed by atoms with Gasteiger partial charge in [-0.25, -0.2) is 15.0 Å². The van der Waals surface area contributed by atoms with Crippen molar-refractivity contribution >= 4 is 16.8 Å². The monoisotopic (exact) mass is 535 g/mol. The highest BCUT2D eigenvalue weighted by Gasteiger charge is 2.35. The molecule has 1 fully saturated rings. The molecule has 0 bridgehead atoms. The van der Waals surface area contributed by atoms with Crippen LogP contribution in [0.5, 0.6) is 5.88 Å². The molecule has 0 radical (unpaired) electrons. The minimum atomic E-state index is -4.62. The van der Waals surface area contributed by atoms with Gasteiger partial charge >= 0.3 is 6.18 Å². The van der Waals surface area contributed by atoms with Crippen molar-refractivity contribution in [2.45, 2.75) is 25.6 Å². The van der Waals surface area contributed by atoms with E-state index in [0.717, 1.165) is 31.7 Å². The number of carbonyl (C=O) groups is 1. The second-order valence-electron chi connectivity index (χ2n) is 9.61. The molecule has 0 saturated carbocycles. The highest BCUT2D eigenvalue weighted by molar-refractivity contribution is 5.98. The molecule has 1 unspecified atom stereocenters. The van der Waals surface area contributed by atoms with Gasteiger partial charge in [0.2, 0.25) is 5.88 Å². The summed E-state index contributed by atoms with van der Waals surface area (Å²) in [6, 6.07) is 13.8. The second-order valence-corrected chi connectivity index (χ2v) is 9.61. The predicted molar refractivity (Wildman–Crippen MR) is 142 cm³/mol. The van der Waals surface area contributed by atoms with Crippen molar-refractivity contribution < 1.29 is 22.7 Å². The Balaban J connectivity index is 1.52. The maximum Gasteiger partial charge on any atom is 0.421 e. The largest absolute Gasteiger partial charge is 0.481 e. The standard InChI is InChI=1S/C29H28F3N5O2/c1-4-22-16-37(11-10-36(22)2)28(38)20-7-5-6-19(12-20)26-23-13-18(8-9-25(23)34-17-35-26)21-14-24(29(30,31)32)27(39-3)33-15-21/h5-9,12-15,17,22H,4,10-11,16H2,1-3H3. The molecule has 1 saturated heterocycles. The fourth-order valence-corrected chi connectivity index (χ4v) is 5.00. The van der Waals surface area contributed by atoms with Gasteiger partial charge in [-0.15, -0.1) is 0 Å². The van der Waals surface area contributed by atoms with Gasteiger partial charge in [-0.3, -0.25) is 9.69 Å². The summed E-state index contributed by atoms with van der Waals surface area (Å²) in [4.78, 5) is 30.2. The summed E-state index contributed by atoms with van der Waals surface area (Å²) < 4.78 is 45.6. The average Bonchev–Trinajstić information content (AvgIpc) is 2.95. The summed E-state index contributed by atoms with van der Waals surface area (Å²) in [5.74, 6) is -0.519. The topological polar surface area (TPSA) is 71.5 Å². The number of aromatic nitrogens is 3. The lowest BCUT2D eigenvalue weighted by molar-refractivity contribution is -0.139. The van der Waals surface area contributed by atoms with E-state index in [1.165, 1.54) is 12.5 Å². The Kier molecular flexibility index (Phi) is 7.22. The molecule has 3 heterocycles. The van der Waals surface area contributed by atoms with Crippen molar-refractivity contribution in [1.82, 2.24) is 24.8 Å². The zero-order chi connectivity index (χ0) is 27.7. The van der Waals surface area contributed by atoms with E-state index in [0.29, 0.717) is 46.9 Å². The van der Waals surface area contributed by atoms with Crippen molar-refractivity contribution in [3.8, 4) is 28.3 Å². The Labute approximate surface area is 224 Å². The number of halogens is 3. The number of likely N-dealkylation sites (N-methyl/N-ethyl adjacent to an activating group) is 1. The minimum absolute atomic E-state index is 0.0357. The number of rotatable bonds is 5. The van der Waals surface area contributed by atoms with E-state index >= 15 is 0 Å². The number of ether oxygens (including phenoxy) is 1. The van der Waals surface area contributed by atoms with E-state index < -0.39 is 17.6 Å². The number of nitrogens with zero attached hydrogens (tertiary/aromatic N) is 5. The van der Waals surface area contributed by atoms with Crippen molar-refractivity contribution in [1.29, 1.82) is 0 Å². The van der Waals surface area contributed by atoms with Gasteiger partial charge in [0.05, 0.1) is 18.3 Å². The zero-order valence-corrected chi connectivity index (χ0v) is 21.9. The molecule has 2 aromatic carbocycles. The second kappa shape index (κ2) is 10.6. The van der Waals surface area contributed by atoms with Crippen LogP contribution in [-0.4, -0.2) is 70.5 Å². The van der Waals surface area contributed by atoms with E-state index in [9.17, 15) is 18.0 Å². The number of alkyl halides is 3. The van der Waals surface area contributed by atoms with Crippen molar-refractivity contribution in [3.63, 3.8) is 0 Å². The van der Waals surface area contributed by atoms with Gasteiger partial charge in [0.25, 0.3) is 5.91 Å². The lowest BCUT2D eigenvalue weighted by atomic mass is 9.99. The Morgan fingerprint density at radius 2 is 1.85 bits per heavy atom. The van der Waals surface area contributed by atoms with Crippen LogP contribution in [-0.2, 0) is 6.18 Å². The van der Waals surface area contributed by atoms with E-state index in [1.54, 1.807) is 24.3 Å². The quantitative estimate of drug-likeness (QED) is 0.334. The number of benzene rings is 2. The first-order valence-electron chi connectivity index (χ1n) is 12.7. The molecule has 0 aliphatic carbocycles. The Morgan fingerprint density at radius 3 is 2.59 bits per heavy atom. The maximum absolute atomic E-state index is 13.6. The maximum atomic E-state index is 13.6. The number of hydrogen-bond acceptors (Lipinski definition) is 6. The molecule has 1 aliphatic heterocycles. The van der Waals surface area contributed by atoms with Crippen LogP contribution >= 0.6 is 0 Å². The fourth-order valence-electron chi connectivity index (χ4n) is 5.00. The summed E-state index contributed by atoms with van der Waals surface area (Å²) in [5.41, 5.74) is 2.34.